The lowest BCUT2D eigenvalue weighted by Crippen LogP contribution is -2.10. The summed E-state index contributed by atoms with van der Waals surface area (Å²) in [5, 5.41) is 0. The van der Waals surface area contributed by atoms with Crippen LogP contribution in [0.4, 0.5) is 0 Å². The van der Waals surface area contributed by atoms with Crippen LogP contribution >= 0.6 is 0 Å². The zero-order chi connectivity index (χ0) is 14.3. The molecule has 2 aromatic rings. The molecule has 3 rings (SSSR count). The second-order valence-electron chi connectivity index (χ2n) is 6.82. The summed E-state index contributed by atoms with van der Waals surface area (Å²) in [5.74, 6) is 0. The Morgan fingerprint density at radius 2 is 1.50 bits per heavy atom. The molecule has 1 aliphatic carbocycles. The van der Waals surface area contributed by atoms with Gasteiger partial charge in [0, 0.05) is 0 Å². The molecule has 0 saturated heterocycles. The standard InChI is InChI=1S/C20H22/c1-14-13-16-7-5-6-8-18(16)19(14)15-9-11-17(12-10-15)20(2,3)4/h5-12H,13H2,1-4H3. The summed E-state index contributed by atoms with van der Waals surface area (Å²) in [6.07, 6.45) is 1.09. The third-order valence-electron chi connectivity index (χ3n) is 4.21. The van der Waals surface area contributed by atoms with E-state index in [-0.39, 0.29) is 5.41 Å². The quantitative estimate of drug-likeness (QED) is 0.649. The highest BCUT2D eigenvalue weighted by molar-refractivity contribution is 5.87. The van der Waals surface area contributed by atoms with Gasteiger partial charge in [-0.15, -0.1) is 0 Å². The summed E-state index contributed by atoms with van der Waals surface area (Å²) >= 11 is 0. The summed E-state index contributed by atoms with van der Waals surface area (Å²) < 4.78 is 0. The van der Waals surface area contributed by atoms with E-state index in [4.69, 9.17) is 0 Å². The van der Waals surface area contributed by atoms with E-state index in [1.54, 1.807) is 0 Å². The highest BCUT2D eigenvalue weighted by Gasteiger charge is 2.20. The van der Waals surface area contributed by atoms with E-state index < -0.39 is 0 Å². The molecule has 20 heavy (non-hydrogen) atoms. The van der Waals surface area contributed by atoms with E-state index in [1.165, 1.54) is 33.4 Å². The van der Waals surface area contributed by atoms with Crippen molar-refractivity contribution in [2.75, 3.05) is 0 Å². The van der Waals surface area contributed by atoms with Gasteiger partial charge in [0.2, 0.25) is 0 Å². The minimum absolute atomic E-state index is 0.218. The Morgan fingerprint density at radius 1 is 0.850 bits per heavy atom. The average molecular weight is 262 g/mol. The monoisotopic (exact) mass is 262 g/mol. The van der Waals surface area contributed by atoms with Crippen LogP contribution in [0.2, 0.25) is 0 Å². The fraction of sp³-hybridized carbons (Fsp3) is 0.300. The summed E-state index contributed by atoms with van der Waals surface area (Å²) in [6, 6.07) is 17.9. The van der Waals surface area contributed by atoms with Gasteiger partial charge in [-0.05, 0) is 46.6 Å². The molecule has 0 bridgehead atoms. The molecule has 2 aromatic carbocycles. The maximum atomic E-state index is 2.28. The van der Waals surface area contributed by atoms with Crippen LogP contribution in [0.5, 0.6) is 0 Å². The van der Waals surface area contributed by atoms with E-state index in [0.717, 1.165) is 6.42 Å². The van der Waals surface area contributed by atoms with Gasteiger partial charge in [0.15, 0.2) is 0 Å². The Kier molecular flexibility index (Phi) is 3.05. The number of hydrogen-bond acceptors (Lipinski definition) is 0. The number of allylic oxidation sites excluding steroid dienone is 1. The summed E-state index contributed by atoms with van der Waals surface area (Å²) in [6.45, 7) is 9.04. The third-order valence-corrected chi connectivity index (χ3v) is 4.21. The number of benzene rings is 2. The molecular weight excluding hydrogens is 240 g/mol. The molecule has 0 fully saturated rings. The van der Waals surface area contributed by atoms with Crippen molar-refractivity contribution < 1.29 is 0 Å². The minimum Gasteiger partial charge on any atom is -0.0619 e. The predicted molar refractivity (Wildman–Crippen MR) is 87.0 cm³/mol. The molecule has 0 nitrogen and oxygen atoms in total. The summed E-state index contributed by atoms with van der Waals surface area (Å²) in [4.78, 5) is 0. The Labute approximate surface area is 122 Å². The van der Waals surface area contributed by atoms with Gasteiger partial charge < -0.3 is 0 Å². The van der Waals surface area contributed by atoms with Crippen molar-refractivity contribution in [1.29, 1.82) is 0 Å². The van der Waals surface area contributed by atoms with Crippen LogP contribution in [0.25, 0.3) is 5.57 Å². The topological polar surface area (TPSA) is 0 Å². The smallest absolute Gasteiger partial charge is 0.00543 e. The van der Waals surface area contributed by atoms with Gasteiger partial charge in [-0.3, -0.25) is 0 Å². The molecule has 0 radical (unpaired) electrons. The summed E-state index contributed by atoms with van der Waals surface area (Å²) in [7, 11) is 0. The van der Waals surface area contributed by atoms with Crippen molar-refractivity contribution in [3.05, 3.63) is 76.4 Å². The Morgan fingerprint density at radius 3 is 2.15 bits per heavy atom. The van der Waals surface area contributed by atoms with Crippen molar-refractivity contribution in [2.45, 2.75) is 39.5 Å². The van der Waals surface area contributed by atoms with Gasteiger partial charge in [-0.1, -0.05) is 74.9 Å². The number of fused-ring (bicyclic) bond motifs is 1. The molecule has 0 spiro atoms. The van der Waals surface area contributed by atoms with Gasteiger partial charge in [0.1, 0.15) is 0 Å². The van der Waals surface area contributed by atoms with E-state index in [9.17, 15) is 0 Å². The van der Waals surface area contributed by atoms with Gasteiger partial charge in [-0.25, -0.2) is 0 Å². The van der Waals surface area contributed by atoms with Gasteiger partial charge >= 0.3 is 0 Å². The van der Waals surface area contributed by atoms with Crippen molar-refractivity contribution in [3.63, 3.8) is 0 Å². The second kappa shape index (κ2) is 4.63. The molecule has 102 valence electrons. The van der Waals surface area contributed by atoms with E-state index in [1.807, 2.05) is 0 Å². The first-order valence-electron chi connectivity index (χ1n) is 7.36. The molecule has 1 aliphatic rings. The highest BCUT2D eigenvalue weighted by Crippen LogP contribution is 2.37. The molecule has 0 atom stereocenters. The molecule has 0 aliphatic heterocycles. The maximum Gasteiger partial charge on any atom is -0.00543 e. The SMILES string of the molecule is CC1=C(c2ccc(C(C)(C)C)cc2)c2ccccc2C1. The lowest BCUT2D eigenvalue weighted by Gasteiger charge is -2.19. The number of rotatable bonds is 1. The van der Waals surface area contributed by atoms with Crippen LogP contribution < -0.4 is 0 Å². The van der Waals surface area contributed by atoms with Crippen molar-refractivity contribution in [2.24, 2.45) is 0 Å². The van der Waals surface area contributed by atoms with Gasteiger partial charge in [0.25, 0.3) is 0 Å². The van der Waals surface area contributed by atoms with Crippen molar-refractivity contribution in [1.82, 2.24) is 0 Å². The molecular formula is C20H22. The maximum absolute atomic E-state index is 2.28. The Hall–Kier alpha value is -1.82. The second-order valence-corrected chi connectivity index (χ2v) is 6.82. The normalized spacial score (nSPS) is 14.6. The van der Waals surface area contributed by atoms with Crippen LogP contribution in [0.1, 0.15) is 49.9 Å². The van der Waals surface area contributed by atoms with E-state index >= 15 is 0 Å². The molecule has 0 N–H and O–H groups in total. The molecule has 0 saturated carbocycles. The first-order valence-corrected chi connectivity index (χ1v) is 7.36. The van der Waals surface area contributed by atoms with Crippen LogP contribution in [-0.4, -0.2) is 0 Å². The molecule has 0 aromatic heterocycles. The van der Waals surface area contributed by atoms with E-state index in [2.05, 4.69) is 76.2 Å². The van der Waals surface area contributed by atoms with Gasteiger partial charge in [-0.2, -0.15) is 0 Å². The van der Waals surface area contributed by atoms with Crippen molar-refractivity contribution in [3.8, 4) is 0 Å². The zero-order valence-corrected chi connectivity index (χ0v) is 12.8. The fourth-order valence-corrected chi connectivity index (χ4v) is 3.06. The Balaban J connectivity index is 2.04. The van der Waals surface area contributed by atoms with Crippen molar-refractivity contribution >= 4 is 5.57 Å². The minimum atomic E-state index is 0.218. The predicted octanol–water partition coefficient (Wildman–Crippen LogP) is 5.36. The molecule has 0 amide bonds. The Bertz CT molecular complexity index is 664. The lowest BCUT2D eigenvalue weighted by molar-refractivity contribution is 0.590. The summed E-state index contributed by atoms with van der Waals surface area (Å²) in [5.41, 5.74) is 8.74. The molecule has 0 heterocycles. The average Bonchev–Trinajstić information content (AvgIpc) is 2.73. The van der Waals surface area contributed by atoms with Crippen LogP contribution in [0, 0.1) is 0 Å². The first-order chi connectivity index (χ1) is 9.47. The fourth-order valence-electron chi connectivity index (χ4n) is 3.06. The van der Waals surface area contributed by atoms with Crippen LogP contribution in [0.3, 0.4) is 0 Å². The van der Waals surface area contributed by atoms with Crippen LogP contribution in [-0.2, 0) is 11.8 Å². The largest absolute Gasteiger partial charge is 0.0619 e. The number of hydrogen-bond donors (Lipinski definition) is 0. The van der Waals surface area contributed by atoms with Crippen LogP contribution in [0.15, 0.2) is 54.1 Å². The first kappa shape index (κ1) is 13.2. The van der Waals surface area contributed by atoms with E-state index in [0.29, 0.717) is 0 Å². The highest BCUT2D eigenvalue weighted by atomic mass is 14.2. The molecule has 0 heteroatoms. The van der Waals surface area contributed by atoms with Gasteiger partial charge in [0.05, 0.1) is 0 Å². The molecule has 0 unspecified atom stereocenters. The zero-order valence-electron chi connectivity index (χ0n) is 12.8. The lowest BCUT2D eigenvalue weighted by atomic mass is 9.85. The third kappa shape index (κ3) is 2.20.